The maximum Gasteiger partial charge on any atom is 0.175 e. The summed E-state index contributed by atoms with van der Waals surface area (Å²) in [6.45, 7) is 1.62. The van der Waals surface area contributed by atoms with Crippen LogP contribution in [0.15, 0.2) is 29.2 Å². The predicted molar refractivity (Wildman–Crippen MR) is 73.6 cm³/mol. The first kappa shape index (κ1) is 13.8. The summed E-state index contributed by atoms with van der Waals surface area (Å²) in [5.41, 5.74) is 0.216. The van der Waals surface area contributed by atoms with Crippen molar-refractivity contribution in [1.29, 1.82) is 5.26 Å². The zero-order valence-electron chi connectivity index (χ0n) is 10.8. The maximum absolute atomic E-state index is 11.4. The van der Waals surface area contributed by atoms with E-state index in [1.165, 1.54) is 6.26 Å². The molecule has 0 saturated carbocycles. The van der Waals surface area contributed by atoms with Gasteiger partial charge in [0, 0.05) is 11.9 Å². The average molecular weight is 279 g/mol. The van der Waals surface area contributed by atoms with Gasteiger partial charge >= 0.3 is 0 Å². The fourth-order valence-corrected chi connectivity index (χ4v) is 2.81. The second-order valence-electron chi connectivity index (χ2n) is 4.87. The monoisotopic (exact) mass is 279 g/mol. The van der Waals surface area contributed by atoms with Crippen molar-refractivity contribution in [3.63, 3.8) is 0 Å². The van der Waals surface area contributed by atoms with Gasteiger partial charge in [0.1, 0.15) is 5.54 Å². The Balaban J connectivity index is 2.17. The van der Waals surface area contributed by atoms with Crippen LogP contribution in [0, 0.1) is 11.3 Å². The number of nitrogens with one attached hydrogen (secondary N) is 2. The van der Waals surface area contributed by atoms with Crippen molar-refractivity contribution in [2.24, 2.45) is 0 Å². The van der Waals surface area contributed by atoms with Gasteiger partial charge in [-0.15, -0.1) is 0 Å². The van der Waals surface area contributed by atoms with E-state index in [0.29, 0.717) is 0 Å². The first-order chi connectivity index (χ1) is 8.95. The summed E-state index contributed by atoms with van der Waals surface area (Å²) in [7, 11) is -3.18. The lowest BCUT2D eigenvalue weighted by Gasteiger charge is -2.33. The van der Waals surface area contributed by atoms with Crippen LogP contribution in [-0.2, 0) is 9.84 Å². The molecule has 1 heterocycles. The van der Waals surface area contributed by atoms with Crippen LogP contribution >= 0.6 is 0 Å². The lowest BCUT2D eigenvalue weighted by molar-refractivity contribution is 0.409. The van der Waals surface area contributed by atoms with Crippen molar-refractivity contribution in [1.82, 2.24) is 5.32 Å². The first-order valence-corrected chi connectivity index (χ1v) is 8.05. The molecular weight excluding hydrogens is 262 g/mol. The first-order valence-electron chi connectivity index (χ1n) is 6.15. The molecule has 0 aromatic heterocycles. The van der Waals surface area contributed by atoms with Crippen molar-refractivity contribution in [3.05, 3.63) is 24.3 Å². The molecule has 0 atom stereocenters. The van der Waals surface area contributed by atoms with Gasteiger partial charge in [-0.1, -0.05) is 0 Å². The van der Waals surface area contributed by atoms with Crippen LogP contribution in [0.25, 0.3) is 0 Å². The highest BCUT2D eigenvalue weighted by Crippen LogP contribution is 2.24. The van der Waals surface area contributed by atoms with Gasteiger partial charge in [0.25, 0.3) is 0 Å². The number of benzene rings is 1. The summed E-state index contributed by atoms with van der Waals surface area (Å²) in [6, 6.07) is 8.87. The third kappa shape index (κ3) is 3.25. The van der Waals surface area contributed by atoms with Crippen molar-refractivity contribution in [3.8, 4) is 6.07 Å². The van der Waals surface area contributed by atoms with Crippen molar-refractivity contribution in [2.75, 3.05) is 24.7 Å². The van der Waals surface area contributed by atoms with E-state index in [4.69, 9.17) is 0 Å². The molecule has 6 heteroatoms. The summed E-state index contributed by atoms with van der Waals surface area (Å²) in [6.07, 6.45) is 2.65. The largest absolute Gasteiger partial charge is 0.367 e. The molecule has 1 aromatic carbocycles. The zero-order chi connectivity index (χ0) is 13.9. The van der Waals surface area contributed by atoms with E-state index >= 15 is 0 Å². The van der Waals surface area contributed by atoms with Gasteiger partial charge in [-0.3, -0.25) is 0 Å². The summed E-state index contributed by atoms with van der Waals surface area (Å²) < 4.78 is 22.7. The molecule has 1 aromatic rings. The highest BCUT2D eigenvalue weighted by atomic mass is 32.2. The number of rotatable bonds is 3. The molecule has 1 fully saturated rings. The molecule has 0 spiro atoms. The third-order valence-corrected chi connectivity index (χ3v) is 4.47. The molecule has 2 N–H and O–H groups in total. The number of hydrogen-bond acceptors (Lipinski definition) is 5. The van der Waals surface area contributed by atoms with Crippen molar-refractivity contribution < 1.29 is 8.42 Å². The summed E-state index contributed by atoms with van der Waals surface area (Å²) >= 11 is 0. The minimum Gasteiger partial charge on any atom is -0.367 e. The normalized spacial score (nSPS) is 18.5. The Labute approximate surface area is 113 Å². The van der Waals surface area contributed by atoms with Crippen LogP contribution in [0.2, 0.25) is 0 Å². The molecular formula is C13H17N3O2S. The van der Waals surface area contributed by atoms with Crippen molar-refractivity contribution in [2.45, 2.75) is 23.3 Å². The van der Waals surface area contributed by atoms with Gasteiger partial charge in [0.15, 0.2) is 9.84 Å². The molecule has 5 nitrogen and oxygen atoms in total. The van der Waals surface area contributed by atoms with E-state index in [1.807, 2.05) is 0 Å². The Hall–Kier alpha value is -1.58. The Morgan fingerprint density at radius 2 is 1.84 bits per heavy atom. The van der Waals surface area contributed by atoms with Gasteiger partial charge < -0.3 is 10.6 Å². The quantitative estimate of drug-likeness (QED) is 0.867. The van der Waals surface area contributed by atoms with E-state index < -0.39 is 15.4 Å². The lowest BCUT2D eigenvalue weighted by Crippen LogP contribution is -2.46. The molecule has 0 bridgehead atoms. The number of sulfone groups is 1. The number of anilines is 1. The van der Waals surface area contributed by atoms with Gasteiger partial charge in [-0.25, -0.2) is 8.42 Å². The van der Waals surface area contributed by atoms with Crippen LogP contribution in [0.5, 0.6) is 0 Å². The second kappa shape index (κ2) is 5.19. The molecule has 1 saturated heterocycles. The Kier molecular flexibility index (Phi) is 3.78. The minimum absolute atomic E-state index is 0.286. The lowest BCUT2D eigenvalue weighted by atomic mass is 9.89. The molecule has 1 aliphatic rings. The zero-order valence-corrected chi connectivity index (χ0v) is 11.6. The molecule has 2 rings (SSSR count). The van der Waals surface area contributed by atoms with E-state index in [2.05, 4.69) is 16.7 Å². The summed E-state index contributed by atoms with van der Waals surface area (Å²) in [5.74, 6) is 0. The topological polar surface area (TPSA) is 82.0 Å². The Morgan fingerprint density at radius 3 is 2.32 bits per heavy atom. The molecule has 102 valence electrons. The minimum atomic E-state index is -3.18. The van der Waals surface area contributed by atoms with Gasteiger partial charge in [-0.2, -0.15) is 5.26 Å². The molecule has 0 radical (unpaired) electrons. The van der Waals surface area contributed by atoms with Crippen LogP contribution in [0.3, 0.4) is 0 Å². The standard InChI is InChI=1S/C13H17N3O2S/c1-19(17,18)12-4-2-11(3-5-12)16-13(10-14)6-8-15-9-7-13/h2-5,15-16H,6-9H2,1H3. The Bertz CT molecular complexity index is 581. The highest BCUT2D eigenvalue weighted by Gasteiger charge is 2.31. The maximum atomic E-state index is 11.4. The van der Waals surface area contributed by atoms with Crippen LogP contribution < -0.4 is 10.6 Å². The fourth-order valence-electron chi connectivity index (χ4n) is 2.18. The molecule has 0 amide bonds. The average Bonchev–Trinajstić information content (AvgIpc) is 2.39. The van der Waals surface area contributed by atoms with Gasteiger partial charge in [0.05, 0.1) is 11.0 Å². The molecule has 0 unspecified atom stereocenters. The van der Waals surface area contributed by atoms with E-state index in [1.54, 1.807) is 24.3 Å². The van der Waals surface area contributed by atoms with Crippen LogP contribution in [0.4, 0.5) is 5.69 Å². The van der Waals surface area contributed by atoms with Crippen LogP contribution in [0.1, 0.15) is 12.8 Å². The van der Waals surface area contributed by atoms with E-state index in [-0.39, 0.29) is 4.90 Å². The van der Waals surface area contributed by atoms with E-state index in [9.17, 15) is 13.7 Å². The van der Waals surface area contributed by atoms with Gasteiger partial charge in [-0.05, 0) is 50.2 Å². The second-order valence-corrected chi connectivity index (χ2v) is 6.88. The SMILES string of the molecule is CS(=O)(=O)c1ccc(NC2(C#N)CCNCC2)cc1. The smallest absolute Gasteiger partial charge is 0.175 e. The van der Waals surface area contributed by atoms with Crippen LogP contribution in [-0.4, -0.2) is 33.3 Å². The molecule has 1 aliphatic heterocycles. The number of hydrogen-bond donors (Lipinski definition) is 2. The van der Waals surface area contributed by atoms with Gasteiger partial charge in [0.2, 0.25) is 0 Å². The Morgan fingerprint density at radius 1 is 1.26 bits per heavy atom. The predicted octanol–water partition coefficient (Wildman–Crippen LogP) is 1.15. The number of piperidine rings is 1. The number of nitrogens with zero attached hydrogens (tertiary/aromatic N) is 1. The molecule has 0 aliphatic carbocycles. The molecule has 19 heavy (non-hydrogen) atoms. The van der Waals surface area contributed by atoms with Crippen molar-refractivity contribution >= 4 is 15.5 Å². The highest BCUT2D eigenvalue weighted by molar-refractivity contribution is 7.90. The summed E-state index contributed by atoms with van der Waals surface area (Å²) in [4.78, 5) is 0.286. The summed E-state index contributed by atoms with van der Waals surface area (Å²) in [5, 5.41) is 15.8. The number of nitriles is 1. The third-order valence-electron chi connectivity index (χ3n) is 3.34. The van der Waals surface area contributed by atoms with E-state index in [0.717, 1.165) is 31.6 Å². The fraction of sp³-hybridized carbons (Fsp3) is 0.462.